The van der Waals surface area contributed by atoms with Gasteiger partial charge in [0.1, 0.15) is 11.4 Å². The van der Waals surface area contributed by atoms with Crippen LogP contribution in [0.25, 0.3) is 16.5 Å². The van der Waals surface area contributed by atoms with Gasteiger partial charge in [0.05, 0.1) is 12.7 Å². The second kappa shape index (κ2) is 8.75. The van der Waals surface area contributed by atoms with Gasteiger partial charge in [0.25, 0.3) is 11.8 Å². The van der Waals surface area contributed by atoms with Crippen molar-refractivity contribution in [2.75, 3.05) is 46.9 Å². The number of nitrogens with zero attached hydrogens (tertiary/aromatic N) is 3. The zero-order chi connectivity index (χ0) is 22.9. The first kappa shape index (κ1) is 21.3. The number of aromatic amines is 1. The van der Waals surface area contributed by atoms with Crippen LogP contribution in [0.1, 0.15) is 11.1 Å². The number of methoxy groups -OCH3 is 1. The highest BCUT2D eigenvalue weighted by atomic mass is 16.5. The minimum Gasteiger partial charge on any atom is -0.496 e. The van der Waals surface area contributed by atoms with Gasteiger partial charge in [-0.2, -0.15) is 0 Å². The Hall–Kier alpha value is -3.58. The Morgan fingerprint density at radius 1 is 0.939 bits per heavy atom. The molecule has 170 valence electrons. The Balaban J connectivity index is 1.48. The number of fused-ring (bicyclic) bond motifs is 1. The Bertz CT molecular complexity index is 1240. The number of carbonyl (C=O) groups excluding carboxylic acids is 2. The van der Waals surface area contributed by atoms with Gasteiger partial charge in [-0.15, -0.1) is 0 Å². The van der Waals surface area contributed by atoms with Crippen molar-refractivity contribution in [2.24, 2.45) is 0 Å². The molecule has 1 aromatic heterocycles. The number of nitrogens with one attached hydrogen (secondary N) is 1. The van der Waals surface area contributed by atoms with Crippen molar-refractivity contribution in [2.45, 2.75) is 6.42 Å². The first-order chi connectivity index (χ1) is 16.1. The van der Waals surface area contributed by atoms with E-state index in [1.165, 1.54) is 4.90 Å². The van der Waals surface area contributed by atoms with Crippen LogP contribution in [0.2, 0.25) is 0 Å². The summed E-state index contributed by atoms with van der Waals surface area (Å²) in [5.74, 6) is 0.127. The summed E-state index contributed by atoms with van der Waals surface area (Å²) >= 11 is 0. The highest BCUT2D eigenvalue weighted by Gasteiger charge is 2.42. The number of para-hydroxylation sites is 2. The fourth-order valence-corrected chi connectivity index (χ4v) is 4.75. The van der Waals surface area contributed by atoms with Crippen molar-refractivity contribution in [3.05, 3.63) is 71.6 Å². The van der Waals surface area contributed by atoms with Crippen LogP contribution in [0.15, 0.2) is 60.4 Å². The third-order valence-electron chi connectivity index (χ3n) is 6.62. The van der Waals surface area contributed by atoms with E-state index in [1.807, 2.05) is 48.7 Å². The fourth-order valence-electron chi connectivity index (χ4n) is 4.75. The van der Waals surface area contributed by atoms with Crippen molar-refractivity contribution in [3.8, 4) is 5.75 Å². The Labute approximate surface area is 193 Å². The molecule has 2 aromatic carbocycles. The van der Waals surface area contributed by atoms with Crippen LogP contribution in [-0.2, 0) is 16.0 Å². The molecule has 5 rings (SSSR count). The molecule has 7 heteroatoms. The summed E-state index contributed by atoms with van der Waals surface area (Å²) in [6, 6.07) is 15.5. The van der Waals surface area contributed by atoms with E-state index in [-0.39, 0.29) is 11.8 Å². The summed E-state index contributed by atoms with van der Waals surface area (Å²) in [6.45, 7) is 3.44. The lowest BCUT2D eigenvalue weighted by Gasteiger charge is -2.34. The summed E-state index contributed by atoms with van der Waals surface area (Å²) in [4.78, 5) is 36.3. The number of aromatic nitrogens is 1. The molecule has 2 amide bonds. The average molecular weight is 445 g/mol. The Morgan fingerprint density at radius 3 is 2.45 bits per heavy atom. The minimum absolute atomic E-state index is 0.217. The van der Waals surface area contributed by atoms with Crippen LogP contribution in [0.4, 0.5) is 0 Å². The van der Waals surface area contributed by atoms with Gasteiger partial charge in [-0.05, 0) is 31.2 Å². The molecule has 3 heterocycles. The molecule has 0 atom stereocenters. The molecule has 2 aliphatic heterocycles. The number of hydrogen-bond acceptors (Lipinski definition) is 5. The first-order valence-electron chi connectivity index (χ1n) is 11.3. The van der Waals surface area contributed by atoms with E-state index in [9.17, 15) is 9.59 Å². The SMILES string of the molecule is COc1ccccc1C1=C(N2CCN(C)CC2)C(=O)N(CCc2c[nH]c3ccccc23)C1=O. The monoisotopic (exact) mass is 444 g/mol. The molecule has 33 heavy (non-hydrogen) atoms. The quantitative estimate of drug-likeness (QED) is 0.592. The summed E-state index contributed by atoms with van der Waals surface area (Å²) in [5.41, 5.74) is 3.76. The van der Waals surface area contributed by atoms with E-state index in [2.05, 4.69) is 27.9 Å². The van der Waals surface area contributed by atoms with Crippen LogP contribution in [0.3, 0.4) is 0 Å². The summed E-state index contributed by atoms with van der Waals surface area (Å²) in [6.07, 6.45) is 2.56. The third kappa shape index (κ3) is 3.78. The van der Waals surface area contributed by atoms with Crippen molar-refractivity contribution in [3.63, 3.8) is 0 Å². The number of ether oxygens (including phenoxy) is 1. The van der Waals surface area contributed by atoms with Crippen LogP contribution in [-0.4, -0.2) is 78.4 Å². The number of carbonyl (C=O) groups is 2. The number of imide groups is 1. The normalized spacial score (nSPS) is 17.5. The minimum atomic E-state index is -0.252. The number of amides is 2. The van der Waals surface area contributed by atoms with Crippen LogP contribution >= 0.6 is 0 Å². The summed E-state index contributed by atoms with van der Waals surface area (Å²) < 4.78 is 5.55. The Morgan fingerprint density at radius 2 is 1.67 bits per heavy atom. The van der Waals surface area contributed by atoms with Crippen LogP contribution in [0.5, 0.6) is 5.75 Å². The zero-order valence-corrected chi connectivity index (χ0v) is 19.0. The van der Waals surface area contributed by atoms with Gasteiger partial charge in [0.15, 0.2) is 0 Å². The highest BCUT2D eigenvalue weighted by molar-refractivity contribution is 6.36. The summed E-state index contributed by atoms with van der Waals surface area (Å²) in [7, 11) is 3.66. The number of rotatable bonds is 6. The fraction of sp³-hybridized carbons (Fsp3) is 0.308. The van der Waals surface area contributed by atoms with Gasteiger partial charge in [0, 0.05) is 55.4 Å². The van der Waals surface area contributed by atoms with Crippen molar-refractivity contribution < 1.29 is 14.3 Å². The number of piperazine rings is 1. The number of benzene rings is 2. The predicted octanol–water partition coefficient (Wildman–Crippen LogP) is 2.75. The first-order valence-corrected chi connectivity index (χ1v) is 11.3. The summed E-state index contributed by atoms with van der Waals surface area (Å²) in [5, 5.41) is 1.12. The number of H-pyrrole nitrogens is 1. The topological polar surface area (TPSA) is 68.9 Å². The molecule has 0 bridgehead atoms. The maximum Gasteiger partial charge on any atom is 0.277 e. The molecule has 0 spiro atoms. The highest BCUT2D eigenvalue weighted by Crippen LogP contribution is 2.36. The Kier molecular flexibility index (Phi) is 5.64. The van der Waals surface area contributed by atoms with Crippen molar-refractivity contribution >= 4 is 28.3 Å². The molecule has 7 nitrogen and oxygen atoms in total. The van der Waals surface area contributed by atoms with Crippen molar-refractivity contribution in [1.29, 1.82) is 0 Å². The molecule has 1 saturated heterocycles. The van der Waals surface area contributed by atoms with Gasteiger partial charge in [-0.25, -0.2) is 0 Å². The molecule has 0 unspecified atom stereocenters. The van der Waals surface area contributed by atoms with E-state index in [1.54, 1.807) is 7.11 Å². The molecular formula is C26H28N4O3. The van der Waals surface area contributed by atoms with Crippen LogP contribution < -0.4 is 4.74 Å². The lowest BCUT2D eigenvalue weighted by atomic mass is 10.0. The largest absolute Gasteiger partial charge is 0.496 e. The van der Waals surface area contributed by atoms with Gasteiger partial charge < -0.3 is 19.5 Å². The second-order valence-electron chi connectivity index (χ2n) is 8.59. The predicted molar refractivity (Wildman–Crippen MR) is 128 cm³/mol. The molecule has 3 aromatic rings. The molecule has 0 radical (unpaired) electrons. The molecular weight excluding hydrogens is 416 g/mol. The van der Waals surface area contributed by atoms with Crippen molar-refractivity contribution in [1.82, 2.24) is 19.7 Å². The lowest BCUT2D eigenvalue weighted by molar-refractivity contribution is -0.137. The van der Waals surface area contributed by atoms with Crippen LogP contribution in [0, 0.1) is 0 Å². The number of hydrogen-bond donors (Lipinski definition) is 1. The lowest BCUT2D eigenvalue weighted by Crippen LogP contribution is -2.46. The second-order valence-corrected chi connectivity index (χ2v) is 8.59. The average Bonchev–Trinajstić information content (AvgIpc) is 3.36. The van der Waals surface area contributed by atoms with Gasteiger partial charge >= 0.3 is 0 Å². The van der Waals surface area contributed by atoms with E-state index in [0.29, 0.717) is 48.6 Å². The molecule has 0 saturated carbocycles. The van der Waals surface area contributed by atoms with Gasteiger partial charge in [-0.1, -0.05) is 36.4 Å². The molecule has 1 fully saturated rings. The third-order valence-corrected chi connectivity index (χ3v) is 6.62. The van der Waals surface area contributed by atoms with E-state index < -0.39 is 0 Å². The maximum atomic E-state index is 13.7. The smallest absolute Gasteiger partial charge is 0.277 e. The zero-order valence-electron chi connectivity index (χ0n) is 19.0. The molecule has 0 aliphatic carbocycles. The van der Waals surface area contributed by atoms with Gasteiger partial charge in [0.2, 0.25) is 0 Å². The molecule has 2 aliphatic rings. The van der Waals surface area contributed by atoms with E-state index in [4.69, 9.17) is 4.74 Å². The maximum absolute atomic E-state index is 13.7. The van der Waals surface area contributed by atoms with E-state index in [0.717, 1.165) is 29.6 Å². The molecule has 1 N–H and O–H groups in total. The standard InChI is InChI=1S/C26H28N4O3/c1-28-13-15-29(16-14-28)24-23(20-8-4-6-10-22(20)33-2)25(31)30(26(24)32)12-11-18-17-27-21-9-5-3-7-19(18)21/h3-10,17,27H,11-16H2,1-2H3. The van der Waals surface area contributed by atoms with E-state index >= 15 is 0 Å². The van der Waals surface area contributed by atoms with Gasteiger partial charge in [-0.3, -0.25) is 14.5 Å². The number of likely N-dealkylation sites (N-methyl/N-ethyl adjacent to an activating group) is 1.